The topological polar surface area (TPSA) is 27.7 Å². The molecule has 0 spiro atoms. The fourth-order valence-electron chi connectivity index (χ4n) is 5.78. The largest absolute Gasteiger partial charge is 0.327 e. The number of thiol groups is 1. The highest BCUT2D eigenvalue weighted by Crippen LogP contribution is 2.35. The molecule has 0 rings (SSSR count). The molecule has 248 valence electrons. The normalized spacial score (nSPS) is 12.8. The minimum atomic E-state index is -0.886. The molecule has 0 saturated carbocycles. The maximum absolute atomic E-state index is 6.81. The summed E-state index contributed by atoms with van der Waals surface area (Å²) >= 11 is 4.59. The monoisotopic (exact) mass is 601 g/mol. The van der Waals surface area contributed by atoms with Crippen LogP contribution in [-0.4, -0.2) is 31.5 Å². The predicted octanol–water partition coefficient (Wildman–Crippen LogP) is 12.8. The first-order chi connectivity index (χ1) is 20.2. The van der Waals surface area contributed by atoms with Gasteiger partial charge >= 0.3 is 0 Å². The zero-order chi connectivity index (χ0) is 30.1. The molecule has 0 bridgehead atoms. The molecule has 0 heterocycles. The summed E-state index contributed by atoms with van der Waals surface area (Å²) < 4.78 is 20.4. The van der Waals surface area contributed by atoms with Gasteiger partial charge in [0, 0.05) is 5.92 Å². The molecule has 0 amide bonds. The van der Waals surface area contributed by atoms with Crippen LogP contribution in [0.5, 0.6) is 0 Å². The van der Waals surface area contributed by atoms with Crippen LogP contribution in [0.4, 0.5) is 0 Å². The van der Waals surface area contributed by atoms with E-state index in [1.165, 1.54) is 135 Å². The molecule has 0 saturated heterocycles. The van der Waals surface area contributed by atoms with Crippen LogP contribution in [0.15, 0.2) is 0 Å². The van der Waals surface area contributed by atoms with Crippen molar-refractivity contribution in [3.05, 3.63) is 0 Å². The molecule has 0 aliphatic carbocycles. The Bertz CT molecular complexity index is 441. The first kappa shape index (κ1) is 41.2. The Morgan fingerprint density at radius 3 is 1.02 bits per heavy atom. The zero-order valence-electron chi connectivity index (χ0n) is 28.7. The van der Waals surface area contributed by atoms with Crippen LogP contribution >= 0.6 is 12.6 Å². The van der Waals surface area contributed by atoms with Crippen molar-refractivity contribution in [1.82, 2.24) is 0 Å². The Kier molecular flexibility index (Phi) is 33.3. The maximum atomic E-state index is 6.81. The summed E-state index contributed by atoms with van der Waals surface area (Å²) in [6, 6.07) is 0. The second kappa shape index (κ2) is 33.1. The van der Waals surface area contributed by atoms with Crippen molar-refractivity contribution >= 4 is 12.6 Å². The highest BCUT2D eigenvalue weighted by Gasteiger charge is 2.42. The van der Waals surface area contributed by atoms with Crippen LogP contribution in [0.2, 0.25) is 0 Å². The first-order valence-electron chi connectivity index (χ1n) is 18.7. The third-order valence-corrected chi connectivity index (χ3v) is 8.84. The molecule has 3 nitrogen and oxygen atoms in total. The predicted molar refractivity (Wildman–Crippen MR) is 185 cm³/mol. The molecular weight excluding hydrogens is 524 g/mol. The second-order valence-corrected chi connectivity index (χ2v) is 13.0. The highest BCUT2D eigenvalue weighted by atomic mass is 32.1. The Morgan fingerprint density at radius 2 is 0.683 bits per heavy atom. The first-order valence-corrected chi connectivity index (χ1v) is 19.4. The van der Waals surface area contributed by atoms with Crippen molar-refractivity contribution < 1.29 is 14.2 Å². The molecule has 4 heteroatoms. The molecule has 0 aromatic rings. The lowest BCUT2D eigenvalue weighted by Crippen LogP contribution is -2.47. The molecule has 0 radical (unpaired) electrons. The van der Waals surface area contributed by atoms with Gasteiger partial charge in [0.1, 0.15) is 0 Å². The molecule has 0 fully saturated rings. The molecule has 0 aromatic heterocycles. The SMILES string of the molecule is CCCCCCCCOC(OCCCCCCCC)(OCCCCCCCC)C(CCCS)CCCCCCCC. The van der Waals surface area contributed by atoms with E-state index >= 15 is 0 Å². The third-order valence-electron chi connectivity index (χ3n) is 8.52. The summed E-state index contributed by atoms with van der Waals surface area (Å²) in [6.45, 7) is 11.4. The summed E-state index contributed by atoms with van der Waals surface area (Å²) in [5.41, 5.74) is 0. The average Bonchev–Trinajstić information content (AvgIpc) is 2.98. The quantitative estimate of drug-likeness (QED) is 0.0445. The Balaban J connectivity index is 5.42. The van der Waals surface area contributed by atoms with Gasteiger partial charge in [0.2, 0.25) is 0 Å². The van der Waals surface area contributed by atoms with Gasteiger partial charge in [-0.2, -0.15) is 12.6 Å². The van der Waals surface area contributed by atoms with Gasteiger partial charge in [-0.3, -0.25) is 0 Å². The molecule has 0 aliphatic heterocycles. The van der Waals surface area contributed by atoms with Crippen molar-refractivity contribution in [2.24, 2.45) is 5.92 Å². The van der Waals surface area contributed by atoms with Gasteiger partial charge < -0.3 is 14.2 Å². The van der Waals surface area contributed by atoms with Crippen LogP contribution in [0.25, 0.3) is 0 Å². The number of rotatable bonds is 35. The number of hydrogen-bond acceptors (Lipinski definition) is 4. The van der Waals surface area contributed by atoms with Crippen LogP contribution in [0, 0.1) is 5.92 Å². The molecular formula is C37H76O3S. The molecule has 0 aliphatic rings. The highest BCUT2D eigenvalue weighted by molar-refractivity contribution is 7.80. The maximum Gasteiger partial charge on any atom is 0.285 e. The van der Waals surface area contributed by atoms with E-state index in [0.717, 1.165) is 64.1 Å². The zero-order valence-corrected chi connectivity index (χ0v) is 29.6. The van der Waals surface area contributed by atoms with Crippen LogP contribution < -0.4 is 0 Å². The number of ether oxygens (including phenoxy) is 3. The fraction of sp³-hybridized carbons (Fsp3) is 1.00. The number of unbranched alkanes of at least 4 members (excludes halogenated alkanes) is 20. The van der Waals surface area contributed by atoms with Gasteiger partial charge in [0.15, 0.2) is 0 Å². The lowest BCUT2D eigenvalue weighted by atomic mass is 9.93. The third kappa shape index (κ3) is 25.3. The molecule has 1 unspecified atom stereocenters. The van der Waals surface area contributed by atoms with Crippen LogP contribution in [0.3, 0.4) is 0 Å². The Labute approximate surface area is 264 Å². The Hall–Kier alpha value is 0.230. The van der Waals surface area contributed by atoms with Gasteiger partial charge in [-0.05, 0) is 44.3 Å². The smallest absolute Gasteiger partial charge is 0.285 e. The van der Waals surface area contributed by atoms with Gasteiger partial charge in [0.25, 0.3) is 5.97 Å². The van der Waals surface area contributed by atoms with Gasteiger partial charge in [-0.1, -0.05) is 163 Å². The van der Waals surface area contributed by atoms with E-state index in [1.807, 2.05) is 0 Å². The van der Waals surface area contributed by atoms with E-state index in [9.17, 15) is 0 Å². The minimum absolute atomic E-state index is 0.279. The van der Waals surface area contributed by atoms with Gasteiger partial charge in [-0.15, -0.1) is 0 Å². The summed E-state index contributed by atoms with van der Waals surface area (Å²) in [7, 11) is 0. The van der Waals surface area contributed by atoms with Crippen molar-refractivity contribution in [2.45, 2.75) is 207 Å². The number of hydrogen-bond donors (Lipinski definition) is 1. The Morgan fingerprint density at radius 1 is 0.390 bits per heavy atom. The summed E-state index contributed by atoms with van der Waals surface area (Å²) in [5, 5.41) is 0. The summed E-state index contributed by atoms with van der Waals surface area (Å²) in [5.74, 6) is 0.305. The van der Waals surface area contributed by atoms with Crippen LogP contribution in [0.1, 0.15) is 201 Å². The molecule has 1 atom stereocenters. The minimum Gasteiger partial charge on any atom is -0.327 e. The van der Waals surface area contributed by atoms with Crippen molar-refractivity contribution in [2.75, 3.05) is 25.6 Å². The van der Waals surface area contributed by atoms with Crippen molar-refractivity contribution in [3.8, 4) is 0 Å². The van der Waals surface area contributed by atoms with E-state index < -0.39 is 5.97 Å². The second-order valence-electron chi connectivity index (χ2n) is 12.6. The lowest BCUT2D eigenvalue weighted by molar-refractivity contribution is -0.407. The summed E-state index contributed by atoms with van der Waals surface area (Å²) in [6.07, 6.45) is 34.1. The van der Waals surface area contributed by atoms with E-state index in [1.54, 1.807) is 0 Å². The van der Waals surface area contributed by atoms with E-state index in [4.69, 9.17) is 14.2 Å². The molecule has 0 N–H and O–H groups in total. The average molecular weight is 601 g/mol. The van der Waals surface area contributed by atoms with Gasteiger partial charge in [-0.25, -0.2) is 0 Å². The molecule has 0 aromatic carbocycles. The fourth-order valence-corrected chi connectivity index (χ4v) is 5.96. The molecule has 41 heavy (non-hydrogen) atoms. The van der Waals surface area contributed by atoms with E-state index in [0.29, 0.717) is 0 Å². The lowest BCUT2D eigenvalue weighted by Gasteiger charge is -2.40. The van der Waals surface area contributed by atoms with Crippen molar-refractivity contribution in [1.29, 1.82) is 0 Å². The standard InChI is InChI=1S/C37H76O3S/c1-5-9-13-17-21-25-30-36(31-29-35-41)37(38-32-26-22-18-14-10-6-2,39-33-27-23-19-15-11-7-3)40-34-28-24-20-16-12-8-4/h36,41H,5-35H2,1-4H3. The summed E-state index contributed by atoms with van der Waals surface area (Å²) in [4.78, 5) is 0. The van der Waals surface area contributed by atoms with Crippen molar-refractivity contribution in [3.63, 3.8) is 0 Å². The van der Waals surface area contributed by atoms with Crippen LogP contribution in [-0.2, 0) is 14.2 Å². The van der Waals surface area contributed by atoms with E-state index in [-0.39, 0.29) is 5.92 Å². The van der Waals surface area contributed by atoms with E-state index in [2.05, 4.69) is 40.3 Å². The van der Waals surface area contributed by atoms with Gasteiger partial charge in [0.05, 0.1) is 19.8 Å².